The number of aryl methyl sites for hydroxylation is 2. The summed E-state index contributed by atoms with van der Waals surface area (Å²) in [5.74, 6) is -4.13. The van der Waals surface area contributed by atoms with Gasteiger partial charge in [0.15, 0.2) is 0 Å². The maximum atomic E-state index is 12.7. The van der Waals surface area contributed by atoms with Crippen molar-refractivity contribution in [3.05, 3.63) is 46.0 Å². The molecule has 0 bridgehead atoms. The number of carbonyl (C=O) groups excluding carboxylic acids is 2. The monoisotopic (exact) mass is 655 g/mol. The van der Waals surface area contributed by atoms with Gasteiger partial charge >= 0.3 is 79.0 Å². The Morgan fingerprint density at radius 1 is 0.902 bits per heavy atom. The van der Waals surface area contributed by atoms with Crippen LogP contribution in [0.2, 0.25) is 0 Å². The molecule has 2 heterocycles. The number of carboxylic acids is 2. The number of phosphoric ester groups is 1. The maximum Gasteiger partial charge on any atom is 2.00 e. The van der Waals surface area contributed by atoms with E-state index in [2.05, 4.69) is 14.5 Å². The van der Waals surface area contributed by atoms with Crippen molar-refractivity contribution in [1.82, 2.24) is 19.8 Å². The molecule has 0 aliphatic heterocycles. The third-order valence-corrected chi connectivity index (χ3v) is 6.00. The fraction of sp³-hybridized carbons (Fsp3) is 0.455. The standard InChI is InChI=1S/C22H31N4O11P.Mn.2Na/c1-13-21(32)17(15(11-27)5-23-13)7-25(9-19(28)29)3-4-26(10-20(30)31)8-18-16(12-37-38(34,35)36)6-24-14(2)22(18)33;;;/h5-6,27,32-33H,3-4,7-12H2,1-2H3,(H,28,29)(H,30,31)(H2,34,35,36);;;/q;+2;2*+1/p-4. The molecule has 2 aromatic heterocycles. The van der Waals surface area contributed by atoms with Crippen molar-refractivity contribution in [3.63, 3.8) is 0 Å². The molecule has 0 unspecified atom stereocenters. The third-order valence-electron chi connectivity index (χ3n) is 5.56. The Labute approximate surface area is 294 Å². The van der Waals surface area contributed by atoms with Gasteiger partial charge in [-0.25, -0.2) is 0 Å². The predicted molar refractivity (Wildman–Crippen MR) is 118 cm³/mol. The number of hydrogen-bond donors (Lipinski definition) is 1. The van der Waals surface area contributed by atoms with E-state index in [0.717, 1.165) is 6.20 Å². The Kier molecular flexibility index (Phi) is 20.3. The molecule has 2 aromatic rings. The number of rotatable bonds is 15. The average molecular weight is 655 g/mol. The molecular weight excluding hydrogens is 628 g/mol. The molecule has 19 heteroatoms. The summed E-state index contributed by atoms with van der Waals surface area (Å²) < 4.78 is 15.1. The number of aromatic nitrogens is 2. The molecule has 215 valence electrons. The van der Waals surface area contributed by atoms with Crippen LogP contribution in [-0.4, -0.2) is 63.0 Å². The maximum absolute atomic E-state index is 12.7. The average Bonchev–Trinajstić information content (AvgIpc) is 2.81. The first-order chi connectivity index (χ1) is 17.7. The van der Waals surface area contributed by atoms with Crippen LogP contribution in [0.1, 0.15) is 36.5 Å². The molecule has 1 N–H and O–H groups in total. The minimum atomic E-state index is -5.39. The van der Waals surface area contributed by atoms with Crippen LogP contribution in [0.3, 0.4) is 0 Å². The largest absolute Gasteiger partial charge is 2.00 e. The van der Waals surface area contributed by atoms with Gasteiger partial charge in [-0.1, -0.05) is 11.5 Å². The fourth-order valence-corrected chi connectivity index (χ4v) is 3.93. The molecule has 0 aromatic carbocycles. The van der Waals surface area contributed by atoms with Gasteiger partial charge in [0.1, 0.15) is 0 Å². The predicted octanol–water partition coefficient (Wildman–Crippen LogP) is -10.9. The second-order valence-corrected chi connectivity index (χ2v) is 9.55. The normalized spacial score (nSPS) is 11.0. The first kappa shape index (κ1) is 42.5. The summed E-state index contributed by atoms with van der Waals surface area (Å²) in [6.45, 7) is -0.713. The van der Waals surface area contributed by atoms with E-state index in [9.17, 15) is 49.5 Å². The Morgan fingerprint density at radius 3 is 1.66 bits per heavy atom. The molecule has 0 spiro atoms. The summed E-state index contributed by atoms with van der Waals surface area (Å²) in [4.78, 5) is 54.7. The minimum absolute atomic E-state index is 0. The Balaban J connectivity index is -0.00000152. The molecule has 1 radical (unpaired) electrons. The van der Waals surface area contributed by atoms with Crippen molar-refractivity contribution in [1.29, 1.82) is 0 Å². The van der Waals surface area contributed by atoms with E-state index in [-0.39, 0.29) is 139 Å². The molecule has 41 heavy (non-hydrogen) atoms. The summed E-state index contributed by atoms with van der Waals surface area (Å²) in [6, 6.07) is 0. The molecule has 0 aliphatic carbocycles. The van der Waals surface area contributed by atoms with Gasteiger partial charge in [-0.3, -0.25) is 19.8 Å². The van der Waals surface area contributed by atoms with Crippen molar-refractivity contribution < 1.29 is 133 Å². The van der Waals surface area contributed by atoms with E-state index < -0.39 is 57.6 Å². The zero-order valence-corrected chi connectivity index (χ0v) is 29.0. The number of hydrogen-bond acceptors (Lipinski definition) is 15. The number of pyridine rings is 2. The van der Waals surface area contributed by atoms with E-state index in [0.29, 0.717) is 0 Å². The molecule has 0 saturated heterocycles. The zero-order valence-electron chi connectivity index (χ0n) is 25.0. The summed E-state index contributed by atoms with van der Waals surface area (Å²) >= 11 is 0. The number of aliphatic carboxylic acids is 2. The first-order valence-electron chi connectivity index (χ1n) is 11.1. The fourth-order valence-electron chi connectivity index (χ4n) is 3.63. The molecule has 0 saturated carbocycles. The summed E-state index contributed by atoms with van der Waals surface area (Å²) in [5, 5.41) is 57.6. The Hall–Kier alpha value is -0.651. The van der Waals surface area contributed by atoms with Crippen LogP contribution >= 0.6 is 7.82 Å². The van der Waals surface area contributed by atoms with E-state index in [1.54, 1.807) is 0 Å². The van der Waals surface area contributed by atoms with Crippen LogP contribution in [0.5, 0.6) is 11.5 Å². The summed E-state index contributed by atoms with van der Waals surface area (Å²) in [5.41, 5.74) is 0.327. The number of phosphoric acid groups is 1. The van der Waals surface area contributed by atoms with Crippen LogP contribution in [-0.2, 0) is 62.0 Å². The zero-order chi connectivity index (χ0) is 28.6. The number of nitrogens with zero attached hydrogens (tertiary/aromatic N) is 4. The second-order valence-electron chi connectivity index (χ2n) is 8.40. The number of carbonyl (C=O) groups is 2. The number of carboxylic acid groups (broad SMARTS) is 2. The van der Waals surface area contributed by atoms with Crippen LogP contribution in [0.4, 0.5) is 0 Å². The van der Waals surface area contributed by atoms with E-state index in [1.165, 1.54) is 29.8 Å². The molecule has 2 rings (SSSR count). The van der Waals surface area contributed by atoms with Crippen molar-refractivity contribution in [2.75, 3.05) is 26.2 Å². The van der Waals surface area contributed by atoms with Crippen LogP contribution in [0, 0.1) is 13.8 Å². The van der Waals surface area contributed by atoms with Gasteiger partial charge in [0, 0.05) is 68.6 Å². The van der Waals surface area contributed by atoms with Gasteiger partial charge in [-0.05, 0) is 30.5 Å². The first-order valence-corrected chi connectivity index (χ1v) is 12.6. The van der Waals surface area contributed by atoms with Gasteiger partial charge in [0.05, 0.1) is 33.0 Å². The van der Waals surface area contributed by atoms with E-state index >= 15 is 0 Å². The Morgan fingerprint density at radius 2 is 1.29 bits per heavy atom. The Bertz CT molecular complexity index is 1230. The summed E-state index contributed by atoms with van der Waals surface area (Å²) in [6.07, 6.45) is 2.42. The van der Waals surface area contributed by atoms with Crippen LogP contribution < -0.4 is 89.3 Å². The molecular formula is C22H27MnN4Na2O11P. The number of aliphatic hydroxyl groups excluding tert-OH is 1. The SMILES string of the molecule is Cc1ncc(CO)c(CN(CCN(CC(=O)[O-])Cc2c(COP(=O)([O-])[O-])cnc(C)c2[O-])CC(=O)[O-])c1[O-].[H+].[H+].[Mn+2].[Na+].[Na+]. The van der Waals surface area contributed by atoms with Gasteiger partial charge in [-0.2, -0.15) is 0 Å². The van der Waals surface area contributed by atoms with Gasteiger partial charge in [0.2, 0.25) is 0 Å². The van der Waals surface area contributed by atoms with Crippen LogP contribution in [0.15, 0.2) is 12.4 Å². The quantitative estimate of drug-likeness (QED) is 0.138. The van der Waals surface area contributed by atoms with Gasteiger partial charge in [-0.15, -0.1) is 0 Å². The smallest absolute Gasteiger partial charge is 0.871 e. The van der Waals surface area contributed by atoms with Gasteiger partial charge < -0.3 is 54.0 Å². The summed E-state index contributed by atoms with van der Waals surface area (Å²) in [7, 11) is -5.39. The molecule has 15 nitrogen and oxygen atoms in total. The third kappa shape index (κ3) is 14.1. The molecule has 0 atom stereocenters. The van der Waals surface area contributed by atoms with Crippen molar-refractivity contribution in [2.45, 2.75) is 40.2 Å². The second kappa shape index (κ2) is 19.6. The molecule has 0 fully saturated rings. The van der Waals surface area contributed by atoms with Crippen molar-refractivity contribution in [2.24, 2.45) is 0 Å². The van der Waals surface area contributed by atoms with Crippen molar-refractivity contribution in [3.8, 4) is 11.5 Å². The molecule has 0 amide bonds. The topological polar surface area (TPSA) is 251 Å². The van der Waals surface area contributed by atoms with E-state index in [4.69, 9.17) is 0 Å². The number of aliphatic hydroxyl groups is 1. The minimum Gasteiger partial charge on any atom is -0.871 e. The van der Waals surface area contributed by atoms with Crippen molar-refractivity contribution >= 4 is 19.8 Å². The van der Waals surface area contributed by atoms with Crippen LogP contribution in [0.25, 0.3) is 0 Å². The van der Waals surface area contributed by atoms with Gasteiger partial charge in [0.25, 0.3) is 0 Å². The molecule has 0 aliphatic rings. The van der Waals surface area contributed by atoms with E-state index in [1.807, 2.05) is 0 Å².